The van der Waals surface area contributed by atoms with Gasteiger partial charge in [-0.2, -0.15) is 0 Å². The first-order valence-electron chi connectivity index (χ1n) is 8.41. The highest BCUT2D eigenvalue weighted by Gasteiger charge is 2.55. The normalized spacial score (nSPS) is 27.9. The van der Waals surface area contributed by atoms with Crippen LogP contribution >= 0.6 is 11.6 Å². The molecule has 0 bridgehead atoms. The first-order chi connectivity index (χ1) is 10.3. The van der Waals surface area contributed by atoms with Crippen LogP contribution in [0.15, 0.2) is 24.3 Å². The van der Waals surface area contributed by atoms with Crippen LogP contribution in [0.5, 0.6) is 5.75 Å². The van der Waals surface area contributed by atoms with Gasteiger partial charge in [0.2, 0.25) is 0 Å². The molecule has 3 rings (SSSR count). The van der Waals surface area contributed by atoms with Crippen molar-refractivity contribution in [3.05, 3.63) is 29.3 Å². The SMILES string of the molecule is CCNC1CC(Oc2ccccc2Cl)C12CCCCCC2. The number of ether oxygens (including phenoxy) is 1. The molecule has 1 N–H and O–H groups in total. The number of hydrogen-bond donors (Lipinski definition) is 1. The Kier molecular flexibility index (Phi) is 4.75. The molecular formula is C18H26ClNO. The molecule has 0 heterocycles. The Balaban J connectivity index is 1.76. The van der Waals surface area contributed by atoms with Crippen molar-refractivity contribution < 1.29 is 4.74 Å². The summed E-state index contributed by atoms with van der Waals surface area (Å²) in [5, 5.41) is 4.42. The van der Waals surface area contributed by atoms with Crippen LogP contribution in [0.25, 0.3) is 0 Å². The smallest absolute Gasteiger partial charge is 0.138 e. The molecule has 2 nitrogen and oxygen atoms in total. The van der Waals surface area contributed by atoms with Crippen LogP contribution in [0.3, 0.4) is 0 Å². The highest BCUT2D eigenvalue weighted by Crippen LogP contribution is 2.52. The molecule has 1 aromatic rings. The highest BCUT2D eigenvalue weighted by atomic mass is 35.5. The molecule has 2 aliphatic rings. The fraction of sp³-hybridized carbons (Fsp3) is 0.667. The molecule has 116 valence electrons. The molecule has 2 saturated carbocycles. The lowest BCUT2D eigenvalue weighted by molar-refractivity contribution is -0.0899. The van der Waals surface area contributed by atoms with Crippen molar-refractivity contribution in [1.29, 1.82) is 0 Å². The molecule has 0 aromatic heterocycles. The molecule has 0 radical (unpaired) electrons. The summed E-state index contributed by atoms with van der Waals surface area (Å²) in [5.41, 5.74) is 0.325. The van der Waals surface area contributed by atoms with E-state index in [9.17, 15) is 0 Å². The Morgan fingerprint density at radius 3 is 2.57 bits per heavy atom. The number of nitrogens with one attached hydrogen (secondary N) is 1. The van der Waals surface area contributed by atoms with E-state index in [4.69, 9.17) is 16.3 Å². The molecule has 3 heteroatoms. The summed E-state index contributed by atoms with van der Waals surface area (Å²) >= 11 is 6.27. The summed E-state index contributed by atoms with van der Waals surface area (Å²) in [6.45, 7) is 3.25. The summed E-state index contributed by atoms with van der Waals surface area (Å²) in [6, 6.07) is 8.48. The Labute approximate surface area is 133 Å². The largest absolute Gasteiger partial charge is 0.488 e. The molecule has 0 saturated heterocycles. The van der Waals surface area contributed by atoms with Crippen LogP contribution in [0.1, 0.15) is 51.9 Å². The van der Waals surface area contributed by atoms with Crippen LogP contribution < -0.4 is 10.1 Å². The third-order valence-electron chi connectivity index (χ3n) is 5.38. The quantitative estimate of drug-likeness (QED) is 0.862. The van der Waals surface area contributed by atoms with Crippen LogP contribution in [0.2, 0.25) is 5.02 Å². The van der Waals surface area contributed by atoms with Crippen molar-refractivity contribution in [3.8, 4) is 5.75 Å². The lowest BCUT2D eigenvalue weighted by Gasteiger charge is -2.56. The molecule has 0 aliphatic heterocycles. The van der Waals surface area contributed by atoms with Crippen molar-refractivity contribution >= 4 is 11.6 Å². The number of para-hydroxylation sites is 1. The average molecular weight is 308 g/mol. The van der Waals surface area contributed by atoms with Gasteiger partial charge in [0.1, 0.15) is 11.9 Å². The van der Waals surface area contributed by atoms with Gasteiger partial charge in [0, 0.05) is 17.9 Å². The topological polar surface area (TPSA) is 21.3 Å². The number of hydrogen-bond acceptors (Lipinski definition) is 2. The summed E-state index contributed by atoms with van der Waals surface area (Å²) in [4.78, 5) is 0. The summed E-state index contributed by atoms with van der Waals surface area (Å²) < 4.78 is 6.33. The lowest BCUT2D eigenvalue weighted by Crippen LogP contribution is -2.64. The van der Waals surface area contributed by atoms with E-state index in [2.05, 4.69) is 12.2 Å². The summed E-state index contributed by atoms with van der Waals surface area (Å²) in [7, 11) is 0. The fourth-order valence-corrected chi connectivity index (χ4v) is 4.38. The second-order valence-electron chi connectivity index (χ2n) is 6.53. The van der Waals surface area contributed by atoms with Gasteiger partial charge in [0.05, 0.1) is 5.02 Å². The van der Waals surface area contributed by atoms with Gasteiger partial charge >= 0.3 is 0 Å². The zero-order valence-electron chi connectivity index (χ0n) is 12.9. The minimum absolute atomic E-state index is 0.319. The monoisotopic (exact) mass is 307 g/mol. The van der Waals surface area contributed by atoms with Crippen LogP contribution in [-0.2, 0) is 0 Å². The maximum Gasteiger partial charge on any atom is 0.138 e. The number of benzene rings is 1. The molecule has 0 amide bonds. The lowest BCUT2D eigenvalue weighted by atomic mass is 9.57. The predicted molar refractivity (Wildman–Crippen MR) is 88.1 cm³/mol. The third-order valence-corrected chi connectivity index (χ3v) is 5.69. The van der Waals surface area contributed by atoms with Crippen molar-refractivity contribution in [1.82, 2.24) is 5.32 Å². The van der Waals surface area contributed by atoms with Crippen molar-refractivity contribution in [2.45, 2.75) is 64.0 Å². The van der Waals surface area contributed by atoms with Crippen molar-refractivity contribution in [2.24, 2.45) is 5.41 Å². The first kappa shape index (κ1) is 15.2. The van der Waals surface area contributed by atoms with E-state index in [0.29, 0.717) is 17.6 Å². The van der Waals surface area contributed by atoms with Crippen molar-refractivity contribution in [3.63, 3.8) is 0 Å². The Bertz CT molecular complexity index is 468. The summed E-state index contributed by atoms with van der Waals surface area (Å²) in [6.07, 6.45) is 9.44. The molecule has 1 aromatic carbocycles. The highest BCUT2D eigenvalue weighted by molar-refractivity contribution is 6.32. The molecule has 2 fully saturated rings. The van der Waals surface area contributed by atoms with Gasteiger partial charge in [-0.05, 0) is 31.5 Å². The Hall–Kier alpha value is -0.730. The van der Waals surface area contributed by atoms with Gasteiger partial charge in [-0.25, -0.2) is 0 Å². The van der Waals surface area contributed by atoms with E-state index in [-0.39, 0.29) is 0 Å². The van der Waals surface area contributed by atoms with E-state index in [0.717, 1.165) is 23.7 Å². The maximum absolute atomic E-state index is 6.33. The Morgan fingerprint density at radius 1 is 1.19 bits per heavy atom. The fourth-order valence-electron chi connectivity index (χ4n) is 4.20. The van der Waals surface area contributed by atoms with E-state index >= 15 is 0 Å². The first-order valence-corrected chi connectivity index (χ1v) is 8.78. The second-order valence-corrected chi connectivity index (χ2v) is 6.94. The van der Waals surface area contributed by atoms with Gasteiger partial charge in [-0.1, -0.05) is 56.3 Å². The van der Waals surface area contributed by atoms with E-state index in [1.807, 2.05) is 24.3 Å². The maximum atomic E-state index is 6.33. The second kappa shape index (κ2) is 6.58. The molecule has 2 unspecified atom stereocenters. The Morgan fingerprint density at radius 2 is 1.90 bits per heavy atom. The van der Waals surface area contributed by atoms with E-state index < -0.39 is 0 Å². The zero-order valence-corrected chi connectivity index (χ0v) is 13.7. The van der Waals surface area contributed by atoms with E-state index in [1.165, 1.54) is 38.5 Å². The van der Waals surface area contributed by atoms with Crippen LogP contribution in [0, 0.1) is 5.41 Å². The van der Waals surface area contributed by atoms with E-state index in [1.54, 1.807) is 0 Å². The van der Waals surface area contributed by atoms with Gasteiger partial charge in [0.25, 0.3) is 0 Å². The average Bonchev–Trinajstić information content (AvgIpc) is 2.76. The third kappa shape index (κ3) is 2.93. The van der Waals surface area contributed by atoms with Crippen LogP contribution in [-0.4, -0.2) is 18.7 Å². The molecule has 2 aliphatic carbocycles. The molecular weight excluding hydrogens is 282 g/mol. The van der Waals surface area contributed by atoms with Gasteiger partial charge in [-0.15, -0.1) is 0 Å². The minimum Gasteiger partial charge on any atom is -0.488 e. The molecule has 2 atom stereocenters. The van der Waals surface area contributed by atoms with Gasteiger partial charge in [-0.3, -0.25) is 0 Å². The standard InChI is InChI=1S/C18H26ClNO/c1-2-20-16-13-17(18(16)11-7-3-4-8-12-18)21-15-10-6-5-9-14(15)19/h5-6,9-10,16-17,20H,2-4,7-8,11-13H2,1H3. The minimum atomic E-state index is 0.319. The number of halogens is 1. The predicted octanol–water partition coefficient (Wildman–Crippen LogP) is 4.81. The molecule has 1 spiro atoms. The summed E-state index contributed by atoms with van der Waals surface area (Å²) in [5.74, 6) is 0.850. The zero-order chi connectivity index (χ0) is 14.7. The van der Waals surface area contributed by atoms with Crippen molar-refractivity contribution in [2.75, 3.05) is 6.54 Å². The molecule has 21 heavy (non-hydrogen) atoms. The van der Waals surface area contributed by atoms with Gasteiger partial charge < -0.3 is 10.1 Å². The van der Waals surface area contributed by atoms with Crippen LogP contribution in [0.4, 0.5) is 0 Å². The number of rotatable bonds is 4. The van der Waals surface area contributed by atoms with Gasteiger partial charge in [0.15, 0.2) is 0 Å².